The van der Waals surface area contributed by atoms with Gasteiger partial charge >= 0.3 is 0 Å². The number of anilines is 1. The minimum atomic E-state index is -3.76. The summed E-state index contributed by atoms with van der Waals surface area (Å²) in [5.41, 5.74) is 0.156. The SMILES string of the molecule is N#Cc1ccc(S(=O)(=O)Nc2ccc(F)nc2)s1. The summed E-state index contributed by atoms with van der Waals surface area (Å²) in [6, 6.07) is 6.92. The Morgan fingerprint density at radius 3 is 2.67 bits per heavy atom. The molecule has 0 bridgehead atoms. The van der Waals surface area contributed by atoms with Crippen LogP contribution in [0.5, 0.6) is 0 Å². The molecule has 0 aliphatic carbocycles. The summed E-state index contributed by atoms with van der Waals surface area (Å²) in [7, 11) is -3.76. The van der Waals surface area contributed by atoms with Gasteiger partial charge < -0.3 is 0 Å². The molecule has 1 N–H and O–H groups in total. The van der Waals surface area contributed by atoms with Crippen LogP contribution in [0.25, 0.3) is 0 Å². The fourth-order valence-corrected chi connectivity index (χ4v) is 3.31. The maximum absolute atomic E-state index is 12.6. The number of thiophene rings is 1. The van der Waals surface area contributed by atoms with Gasteiger partial charge in [0.1, 0.15) is 15.2 Å². The second-order valence-corrected chi connectivity index (χ2v) is 6.20. The third kappa shape index (κ3) is 2.64. The van der Waals surface area contributed by atoms with Crippen molar-refractivity contribution in [3.05, 3.63) is 41.3 Å². The minimum Gasteiger partial charge on any atom is -0.277 e. The molecule has 0 spiro atoms. The number of sulfonamides is 1. The van der Waals surface area contributed by atoms with E-state index in [-0.39, 0.29) is 9.90 Å². The number of rotatable bonds is 3. The maximum Gasteiger partial charge on any atom is 0.271 e. The fourth-order valence-electron chi connectivity index (χ4n) is 1.17. The van der Waals surface area contributed by atoms with Crippen molar-refractivity contribution in [3.63, 3.8) is 0 Å². The number of hydrogen-bond acceptors (Lipinski definition) is 5. The number of hydrogen-bond donors (Lipinski definition) is 1. The summed E-state index contributed by atoms with van der Waals surface area (Å²) >= 11 is 0.856. The molecule has 0 aliphatic heterocycles. The van der Waals surface area contributed by atoms with Gasteiger partial charge in [-0.05, 0) is 24.3 Å². The molecule has 5 nitrogen and oxygen atoms in total. The average molecular weight is 283 g/mol. The molecular weight excluding hydrogens is 277 g/mol. The molecule has 0 saturated heterocycles. The van der Waals surface area contributed by atoms with Crippen LogP contribution in [0.2, 0.25) is 0 Å². The van der Waals surface area contributed by atoms with Gasteiger partial charge in [0.2, 0.25) is 5.95 Å². The van der Waals surface area contributed by atoms with Gasteiger partial charge in [-0.25, -0.2) is 13.4 Å². The second-order valence-electron chi connectivity index (χ2n) is 3.21. The number of pyridine rings is 1. The Balaban J connectivity index is 2.27. The third-order valence-electron chi connectivity index (χ3n) is 1.94. The molecule has 0 fully saturated rings. The summed E-state index contributed by atoms with van der Waals surface area (Å²) in [6.45, 7) is 0. The van der Waals surface area contributed by atoms with Crippen LogP contribution in [-0.4, -0.2) is 13.4 Å². The quantitative estimate of drug-likeness (QED) is 0.873. The summed E-state index contributed by atoms with van der Waals surface area (Å²) < 4.78 is 38.6. The van der Waals surface area contributed by atoms with Gasteiger partial charge in [-0.2, -0.15) is 9.65 Å². The van der Waals surface area contributed by atoms with Crippen molar-refractivity contribution in [1.82, 2.24) is 4.98 Å². The lowest BCUT2D eigenvalue weighted by molar-refractivity contribution is 0.583. The second kappa shape index (κ2) is 4.72. The zero-order valence-corrected chi connectivity index (χ0v) is 10.4. The first kappa shape index (κ1) is 12.5. The van der Waals surface area contributed by atoms with E-state index in [4.69, 9.17) is 5.26 Å². The molecule has 0 aromatic carbocycles. The first-order chi connectivity index (χ1) is 8.51. The number of nitriles is 1. The standard InChI is InChI=1S/C10H6FN3O2S2/c11-9-3-1-7(6-13-9)14-18(15,16)10-4-2-8(5-12)17-10/h1-4,6,14H. The highest BCUT2D eigenvalue weighted by Crippen LogP contribution is 2.23. The van der Waals surface area contributed by atoms with Crippen LogP contribution in [-0.2, 0) is 10.0 Å². The predicted molar refractivity (Wildman–Crippen MR) is 64.0 cm³/mol. The molecular formula is C10H6FN3O2S2. The molecule has 18 heavy (non-hydrogen) atoms. The minimum absolute atomic E-state index is 0.0170. The zero-order valence-electron chi connectivity index (χ0n) is 8.79. The van der Waals surface area contributed by atoms with Crippen molar-refractivity contribution >= 4 is 27.0 Å². The van der Waals surface area contributed by atoms with E-state index < -0.39 is 16.0 Å². The highest BCUT2D eigenvalue weighted by molar-refractivity contribution is 7.94. The van der Waals surface area contributed by atoms with E-state index >= 15 is 0 Å². The van der Waals surface area contributed by atoms with Crippen LogP contribution in [0.3, 0.4) is 0 Å². The van der Waals surface area contributed by atoms with Crippen molar-refractivity contribution in [1.29, 1.82) is 5.26 Å². The molecule has 2 aromatic heterocycles. The van der Waals surface area contributed by atoms with Gasteiger partial charge in [-0.1, -0.05) is 0 Å². The molecule has 2 rings (SSSR count). The Morgan fingerprint density at radius 1 is 1.33 bits per heavy atom. The lowest BCUT2D eigenvalue weighted by Crippen LogP contribution is -2.11. The number of aromatic nitrogens is 1. The van der Waals surface area contributed by atoms with Crippen LogP contribution in [0.15, 0.2) is 34.7 Å². The Morgan fingerprint density at radius 2 is 2.11 bits per heavy atom. The molecule has 2 aromatic rings. The zero-order chi connectivity index (χ0) is 13.2. The van der Waals surface area contributed by atoms with Gasteiger partial charge in [0, 0.05) is 0 Å². The Labute approximate surface area is 107 Å². The van der Waals surface area contributed by atoms with Crippen LogP contribution in [0, 0.1) is 17.3 Å². The predicted octanol–water partition coefficient (Wildman–Crippen LogP) is 1.95. The molecule has 92 valence electrons. The van der Waals surface area contributed by atoms with Crippen molar-refractivity contribution in [3.8, 4) is 6.07 Å². The van der Waals surface area contributed by atoms with Gasteiger partial charge in [0.25, 0.3) is 10.0 Å². The molecule has 0 aliphatic rings. The highest BCUT2D eigenvalue weighted by atomic mass is 32.2. The number of nitrogens with zero attached hydrogens (tertiary/aromatic N) is 2. The molecule has 8 heteroatoms. The summed E-state index contributed by atoms with van der Waals surface area (Å²) in [5, 5.41) is 8.63. The van der Waals surface area contributed by atoms with E-state index in [2.05, 4.69) is 9.71 Å². The highest BCUT2D eigenvalue weighted by Gasteiger charge is 2.17. The van der Waals surface area contributed by atoms with Gasteiger partial charge in [0.15, 0.2) is 0 Å². The Hall–Kier alpha value is -1.98. The first-order valence-electron chi connectivity index (χ1n) is 4.65. The third-order valence-corrected chi connectivity index (χ3v) is 4.80. The van der Waals surface area contributed by atoms with Crippen LogP contribution in [0.1, 0.15) is 4.88 Å². The molecule has 0 atom stereocenters. The molecule has 0 unspecified atom stereocenters. The van der Waals surface area contributed by atoms with E-state index in [0.717, 1.165) is 23.6 Å². The molecule has 2 heterocycles. The van der Waals surface area contributed by atoms with E-state index in [1.54, 1.807) is 0 Å². The van der Waals surface area contributed by atoms with E-state index in [9.17, 15) is 12.8 Å². The Kier molecular flexibility index (Phi) is 3.27. The van der Waals surface area contributed by atoms with Crippen molar-refractivity contribution < 1.29 is 12.8 Å². The lowest BCUT2D eigenvalue weighted by atomic mass is 10.4. The smallest absolute Gasteiger partial charge is 0.271 e. The van der Waals surface area contributed by atoms with E-state index in [1.807, 2.05) is 6.07 Å². The molecule has 0 saturated carbocycles. The lowest BCUT2D eigenvalue weighted by Gasteiger charge is -2.04. The van der Waals surface area contributed by atoms with Crippen molar-refractivity contribution in [2.45, 2.75) is 4.21 Å². The van der Waals surface area contributed by atoms with Crippen LogP contribution >= 0.6 is 11.3 Å². The fraction of sp³-hybridized carbons (Fsp3) is 0. The van der Waals surface area contributed by atoms with Gasteiger partial charge in [0.05, 0.1) is 11.9 Å². The number of nitrogens with one attached hydrogen (secondary N) is 1. The van der Waals surface area contributed by atoms with E-state index in [0.29, 0.717) is 4.88 Å². The first-order valence-corrected chi connectivity index (χ1v) is 6.95. The monoisotopic (exact) mass is 283 g/mol. The average Bonchev–Trinajstić information content (AvgIpc) is 2.81. The van der Waals surface area contributed by atoms with E-state index in [1.165, 1.54) is 18.2 Å². The Bertz CT molecular complexity index is 701. The topological polar surface area (TPSA) is 82.8 Å². The molecule has 0 amide bonds. The van der Waals surface area contributed by atoms with Crippen LogP contribution < -0.4 is 4.72 Å². The normalized spacial score (nSPS) is 10.9. The number of halogens is 1. The van der Waals surface area contributed by atoms with Crippen molar-refractivity contribution in [2.24, 2.45) is 0 Å². The molecule has 0 radical (unpaired) electrons. The van der Waals surface area contributed by atoms with Gasteiger partial charge in [-0.15, -0.1) is 11.3 Å². The van der Waals surface area contributed by atoms with Gasteiger partial charge in [-0.3, -0.25) is 4.72 Å². The summed E-state index contributed by atoms with van der Waals surface area (Å²) in [5.74, 6) is -0.694. The summed E-state index contributed by atoms with van der Waals surface area (Å²) in [4.78, 5) is 3.63. The van der Waals surface area contributed by atoms with Crippen LogP contribution in [0.4, 0.5) is 10.1 Å². The summed E-state index contributed by atoms with van der Waals surface area (Å²) in [6.07, 6.45) is 1.08. The largest absolute Gasteiger partial charge is 0.277 e. The maximum atomic E-state index is 12.6. The van der Waals surface area contributed by atoms with Crippen molar-refractivity contribution in [2.75, 3.05) is 4.72 Å².